The Morgan fingerprint density at radius 3 is 2.44 bits per heavy atom. The fourth-order valence-electron chi connectivity index (χ4n) is 3.90. The zero-order chi connectivity index (χ0) is 24.1. The van der Waals surface area contributed by atoms with Gasteiger partial charge in [-0.25, -0.2) is 8.42 Å². The van der Waals surface area contributed by atoms with Crippen LogP contribution in [0.4, 0.5) is 17.1 Å². The number of benzene rings is 2. The molecule has 0 bridgehead atoms. The first-order chi connectivity index (χ1) is 16.3. The Balaban J connectivity index is 1.38. The van der Waals surface area contributed by atoms with Crippen LogP contribution in [0, 0.1) is 0 Å². The molecule has 2 aromatic carbocycles. The Hall–Kier alpha value is -3.05. The second kappa shape index (κ2) is 10.5. The van der Waals surface area contributed by atoms with E-state index in [0.29, 0.717) is 16.7 Å². The average Bonchev–Trinajstić information content (AvgIpc) is 3.18. The third-order valence-electron chi connectivity index (χ3n) is 5.49. The van der Waals surface area contributed by atoms with E-state index in [9.17, 15) is 13.2 Å². The highest BCUT2D eigenvalue weighted by Crippen LogP contribution is 2.29. The van der Waals surface area contributed by atoms with Gasteiger partial charge in [-0.05, 0) is 55.7 Å². The SMILES string of the molecule is Cn1c(SCC(=O)Nc2ccccc2N2CCCCC2)nnc1-c1ccc(NS(C)(=O)=O)cc1. The number of carbonyl (C=O) groups is 1. The van der Waals surface area contributed by atoms with Gasteiger partial charge in [-0.15, -0.1) is 10.2 Å². The number of piperidine rings is 1. The minimum atomic E-state index is -3.33. The number of anilines is 3. The Kier molecular flexibility index (Phi) is 7.42. The highest BCUT2D eigenvalue weighted by Gasteiger charge is 2.17. The van der Waals surface area contributed by atoms with Crippen LogP contribution in [-0.2, 0) is 21.9 Å². The Morgan fingerprint density at radius 2 is 1.74 bits per heavy atom. The van der Waals surface area contributed by atoms with E-state index in [4.69, 9.17) is 0 Å². The van der Waals surface area contributed by atoms with Crippen LogP contribution in [0.1, 0.15) is 19.3 Å². The second-order valence-corrected chi connectivity index (χ2v) is 10.9. The van der Waals surface area contributed by atoms with Crippen molar-refractivity contribution < 1.29 is 13.2 Å². The van der Waals surface area contributed by atoms with Gasteiger partial charge in [-0.3, -0.25) is 9.52 Å². The number of amides is 1. The van der Waals surface area contributed by atoms with E-state index in [1.54, 1.807) is 24.3 Å². The molecule has 0 aliphatic carbocycles. The lowest BCUT2D eigenvalue weighted by molar-refractivity contribution is -0.113. The maximum atomic E-state index is 12.7. The van der Waals surface area contributed by atoms with Crippen molar-refractivity contribution in [1.82, 2.24) is 14.8 Å². The smallest absolute Gasteiger partial charge is 0.234 e. The Labute approximate surface area is 204 Å². The first kappa shape index (κ1) is 24.1. The summed E-state index contributed by atoms with van der Waals surface area (Å²) in [6.45, 7) is 2.02. The summed E-state index contributed by atoms with van der Waals surface area (Å²) >= 11 is 1.31. The summed E-state index contributed by atoms with van der Waals surface area (Å²) in [6, 6.07) is 14.8. The number of thioether (sulfide) groups is 1. The number of hydrogen-bond acceptors (Lipinski definition) is 7. The number of hydrogen-bond donors (Lipinski definition) is 2. The van der Waals surface area contributed by atoms with E-state index in [1.165, 1.54) is 31.0 Å². The normalized spacial score (nSPS) is 14.1. The molecule has 3 aromatic rings. The third kappa shape index (κ3) is 6.09. The topological polar surface area (TPSA) is 109 Å². The second-order valence-electron chi connectivity index (χ2n) is 8.22. The molecule has 0 atom stereocenters. The lowest BCUT2D eigenvalue weighted by Gasteiger charge is -2.30. The van der Waals surface area contributed by atoms with Crippen LogP contribution in [-0.4, -0.2) is 54.2 Å². The zero-order valence-electron chi connectivity index (χ0n) is 19.2. The number of carbonyl (C=O) groups excluding carboxylic acids is 1. The predicted molar refractivity (Wildman–Crippen MR) is 137 cm³/mol. The van der Waals surface area contributed by atoms with Crippen molar-refractivity contribution in [1.29, 1.82) is 0 Å². The fourth-order valence-corrected chi connectivity index (χ4v) is 5.17. The monoisotopic (exact) mass is 500 g/mol. The molecule has 34 heavy (non-hydrogen) atoms. The molecule has 1 fully saturated rings. The van der Waals surface area contributed by atoms with Gasteiger partial charge < -0.3 is 14.8 Å². The molecule has 2 N–H and O–H groups in total. The minimum absolute atomic E-state index is 0.102. The lowest BCUT2D eigenvalue weighted by atomic mass is 10.1. The van der Waals surface area contributed by atoms with Gasteiger partial charge >= 0.3 is 0 Å². The first-order valence-electron chi connectivity index (χ1n) is 11.0. The lowest BCUT2D eigenvalue weighted by Crippen LogP contribution is -2.30. The van der Waals surface area contributed by atoms with Gasteiger partial charge in [0, 0.05) is 31.4 Å². The van der Waals surface area contributed by atoms with Crippen LogP contribution < -0.4 is 14.9 Å². The largest absolute Gasteiger partial charge is 0.370 e. The van der Waals surface area contributed by atoms with Crippen LogP contribution in [0.2, 0.25) is 0 Å². The van der Waals surface area contributed by atoms with Gasteiger partial charge in [0.25, 0.3) is 0 Å². The molecule has 1 aliphatic rings. The molecule has 1 aliphatic heterocycles. The van der Waals surface area contributed by atoms with Crippen molar-refractivity contribution >= 4 is 44.8 Å². The van der Waals surface area contributed by atoms with Gasteiger partial charge in [-0.2, -0.15) is 0 Å². The van der Waals surface area contributed by atoms with E-state index >= 15 is 0 Å². The van der Waals surface area contributed by atoms with E-state index in [-0.39, 0.29) is 11.7 Å². The molecular weight excluding hydrogens is 472 g/mol. The number of aromatic nitrogens is 3. The third-order valence-corrected chi connectivity index (χ3v) is 7.12. The Bertz CT molecular complexity index is 1250. The molecule has 11 heteroatoms. The molecule has 4 rings (SSSR count). The van der Waals surface area contributed by atoms with Gasteiger partial charge in [0.1, 0.15) is 0 Å². The van der Waals surface area contributed by atoms with Gasteiger partial charge in [-0.1, -0.05) is 23.9 Å². The quantitative estimate of drug-likeness (QED) is 0.455. The molecule has 0 saturated carbocycles. The van der Waals surface area contributed by atoms with Crippen molar-refractivity contribution in [3.05, 3.63) is 48.5 Å². The summed E-state index contributed by atoms with van der Waals surface area (Å²) in [5.41, 5.74) is 3.16. The highest BCUT2D eigenvalue weighted by molar-refractivity contribution is 7.99. The molecule has 0 spiro atoms. The summed E-state index contributed by atoms with van der Waals surface area (Å²) in [4.78, 5) is 15.0. The van der Waals surface area contributed by atoms with Gasteiger partial charge in [0.15, 0.2) is 11.0 Å². The maximum absolute atomic E-state index is 12.7. The standard InChI is InChI=1S/C23H28N6O3S2/c1-28-22(17-10-12-18(13-11-17)27-34(2,31)32)25-26-23(28)33-16-21(30)24-19-8-4-5-9-20(19)29-14-6-3-7-15-29/h4-5,8-13,27H,3,6-7,14-16H2,1-2H3,(H,24,30). The van der Waals surface area contributed by atoms with Crippen molar-refractivity contribution in [2.24, 2.45) is 7.05 Å². The summed E-state index contributed by atoms with van der Waals surface area (Å²) in [5.74, 6) is 0.733. The predicted octanol–water partition coefficient (Wildman–Crippen LogP) is 3.57. The molecule has 0 radical (unpaired) electrons. The zero-order valence-corrected chi connectivity index (χ0v) is 20.8. The summed E-state index contributed by atoms with van der Waals surface area (Å²) < 4.78 is 27.0. The van der Waals surface area contributed by atoms with Crippen molar-refractivity contribution in [3.8, 4) is 11.4 Å². The van der Waals surface area contributed by atoms with Crippen molar-refractivity contribution in [2.75, 3.05) is 40.0 Å². The molecule has 1 amide bonds. The first-order valence-corrected chi connectivity index (χ1v) is 13.9. The van der Waals surface area contributed by atoms with Crippen LogP contribution in [0.5, 0.6) is 0 Å². The van der Waals surface area contributed by atoms with Crippen LogP contribution in [0.15, 0.2) is 53.7 Å². The van der Waals surface area contributed by atoms with Crippen LogP contribution in [0.25, 0.3) is 11.4 Å². The number of nitrogens with zero attached hydrogens (tertiary/aromatic N) is 4. The summed E-state index contributed by atoms with van der Waals surface area (Å²) in [7, 11) is -1.50. The van der Waals surface area contributed by atoms with Gasteiger partial charge in [0.2, 0.25) is 15.9 Å². The van der Waals surface area contributed by atoms with E-state index < -0.39 is 10.0 Å². The van der Waals surface area contributed by atoms with Crippen LogP contribution in [0.3, 0.4) is 0 Å². The average molecular weight is 501 g/mol. The number of nitrogens with one attached hydrogen (secondary N) is 2. The number of sulfonamides is 1. The van der Waals surface area contributed by atoms with Gasteiger partial charge in [0.05, 0.1) is 23.4 Å². The van der Waals surface area contributed by atoms with E-state index in [0.717, 1.165) is 36.3 Å². The molecule has 180 valence electrons. The molecule has 1 saturated heterocycles. The number of rotatable bonds is 8. The summed E-state index contributed by atoms with van der Waals surface area (Å²) in [6.07, 6.45) is 4.70. The number of para-hydroxylation sites is 2. The highest BCUT2D eigenvalue weighted by atomic mass is 32.2. The van der Waals surface area contributed by atoms with Crippen molar-refractivity contribution in [3.63, 3.8) is 0 Å². The molecule has 0 unspecified atom stereocenters. The molecule has 2 heterocycles. The molecule has 9 nitrogen and oxygen atoms in total. The fraction of sp³-hybridized carbons (Fsp3) is 0.348. The Morgan fingerprint density at radius 1 is 1.03 bits per heavy atom. The maximum Gasteiger partial charge on any atom is 0.234 e. The van der Waals surface area contributed by atoms with E-state index in [2.05, 4.69) is 31.2 Å². The van der Waals surface area contributed by atoms with E-state index in [1.807, 2.05) is 29.8 Å². The molecule has 1 aromatic heterocycles. The summed E-state index contributed by atoms with van der Waals surface area (Å²) in [5, 5.41) is 12.1. The van der Waals surface area contributed by atoms with Crippen LogP contribution >= 0.6 is 11.8 Å². The van der Waals surface area contributed by atoms with Crippen molar-refractivity contribution in [2.45, 2.75) is 24.4 Å². The molecular formula is C23H28N6O3S2. The minimum Gasteiger partial charge on any atom is -0.370 e.